The minimum atomic E-state index is 0.252. The zero-order valence-corrected chi connectivity index (χ0v) is 11.9. The van der Waals surface area contributed by atoms with Crippen molar-refractivity contribution < 1.29 is 0 Å². The lowest BCUT2D eigenvalue weighted by Crippen LogP contribution is -2.11. The Bertz CT molecular complexity index is 545. The number of hydrogen-bond acceptors (Lipinski definition) is 2. The van der Waals surface area contributed by atoms with E-state index in [2.05, 4.69) is 62.1 Å². The van der Waals surface area contributed by atoms with Crippen molar-refractivity contribution >= 4 is 21.9 Å². The van der Waals surface area contributed by atoms with E-state index >= 15 is 0 Å². The van der Waals surface area contributed by atoms with Crippen molar-refractivity contribution in [1.82, 2.24) is 9.55 Å². The van der Waals surface area contributed by atoms with Gasteiger partial charge in [-0.1, -0.05) is 28.1 Å². The van der Waals surface area contributed by atoms with Crippen LogP contribution in [0, 0.1) is 0 Å². The van der Waals surface area contributed by atoms with Crippen LogP contribution in [0.3, 0.4) is 0 Å². The van der Waals surface area contributed by atoms with E-state index in [1.165, 1.54) is 18.4 Å². The van der Waals surface area contributed by atoms with E-state index in [4.69, 9.17) is 0 Å². The fraction of sp³-hybridized carbons (Fsp3) is 0.357. The summed E-state index contributed by atoms with van der Waals surface area (Å²) in [7, 11) is 0. The standard InChI is InChI=1S/C14H16BrN3/c1-10(11-3-2-4-12(15)9-11)17-14-16-7-8-18(14)13-5-6-13/h2-4,7-10,13H,5-6H2,1H3,(H,16,17). The molecule has 0 bridgehead atoms. The van der Waals surface area contributed by atoms with Crippen molar-refractivity contribution in [2.45, 2.75) is 31.8 Å². The quantitative estimate of drug-likeness (QED) is 0.919. The van der Waals surface area contributed by atoms with Crippen molar-refractivity contribution in [1.29, 1.82) is 0 Å². The zero-order chi connectivity index (χ0) is 12.5. The molecule has 1 aliphatic carbocycles. The maximum atomic E-state index is 4.41. The van der Waals surface area contributed by atoms with Crippen LogP contribution in [0.4, 0.5) is 5.95 Å². The highest BCUT2D eigenvalue weighted by Crippen LogP contribution is 2.37. The molecule has 2 aromatic rings. The van der Waals surface area contributed by atoms with Gasteiger partial charge in [-0.3, -0.25) is 0 Å². The molecule has 1 aromatic heterocycles. The number of benzene rings is 1. The van der Waals surface area contributed by atoms with Crippen molar-refractivity contribution in [3.63, 3.8) is 0 Å². The molecule has 0 aliphatic heterocycles. The van der Waals surface area contributed by atoms with Gasteiger partial charge >= 0.3 is 0 Å². The van der Waals surface area contributed by atoms with Crippen LogP contribution >= 0.6 is 15.9 Å². The first kappa shape index (κ1) is 11.8. The third-order valence-corrected chi connectivity index (χ3v) is 3.80. The molecule has 1 N–H and O–H groups in total. The SMILES string of the molecule is CC(Nc1nccn1C1CC1)c1cccc(Br)c1. The minimum absolute atomic E-state index is 0.252. The van der Waals surface area contributed by atoms with Gasteiger partial charge in [0.05, 0.1) is 6.04 Å². The number of imidazole rings is 1. The summed E-state index contributed by atoms with van der Waals surface area (Å²) in [5.41, 5.74) is 1.26. The van der Waals surface area contributed by atoms with Crippen LogP contribution in [-0.2, 0) is 0 Å². The number of nitrogens with zero attached hydrogens (tertiary/aromatic N) is 2. The van der Waals surface area contributed by atoms with E-state index in [0.29, 0.717) is 6.04 Å². The zero-order valence-electron chi connectivity index (χ0n) is 10.3. The fourth-order valence-electron chi connectivity index (χ4n) is 2.13. The molecular weight excluding hydrogens is 290 g/mol. The average molecular weight is 306 g/mol. The molecule has 18 heavy (non-hydrogen) atoms. The lowest BCUT2D eigenvalue weighted by molar-refractivity contribution is 0.727. The van der Waals surface area contributed by atoms with Gasteiger partial charge in [0.2, 0.25) is 5.95 Å². The largest absolute Gasteiger partial charge is 0.349 e. The molecule has 1 atom stereocenters. The molecule has 1 aliphatic rings. The summed E-state index contributed by atoms with van der Waals surface area (Å²) < 4.78 is 3.35. The smallest absolute Gasteiger partial charge is 0.203 e. The van der Waals surface area contributed by atoms with Crippen LogP contribution in [0.1, 0.15) is 37.4 Å². The second kappa shape index (κ2) is 4.76. The van der Waals surface area contributed by atoms with E-state index in [1.807, 2.05) is 12.3 Å². The fourth-order valence-corrected chi connectivity index (χ4v) is 2.54. The Morgan fingerprint density at radius 3 is 3.00 bits per heavy atom. The normalized spacial score (nSPS) is 16.6. The Morgan fingerprint density at radius 1 is 1.44 bits per heavy atom. The average Bonchev–Trinajstić information content (AvgIpc) is 3.10. The van der Waals surface area contributed by atoms with E-state index in [0.717, 1.165) is 10.4 Å². The lowest BCUT2D eigenvalue weighted by atomic mass is 10.1. The van der Waals surface area contributed by atoms with E-state index in [9.17, 15) is 0 Å². The highest BCUT2D eigenvalue weighted by atomic mass is 79.9. The molecule has 1 heterocycles. The molecule has 0 radical (unpaired) electrons. The van der Waals surface area contributed by atoms with Gasteiger partial charge in [-0.15, -0.1) is 0 Å². The number of nitrogens with one attached hydrogen (secondary N) is 1. The van der Waals surface area contributed by atoms with Crippen LogP contribution < -0.4 is 5.32 Å². The van der Waals surface area contributed by atoms with Crippen LogP contribution in [0.25, 0.3) is 0 Å². The predicted molar refractivity (Wildman–Crippen MR) is 76.7 cm³/mol. The molecule has 3 rings (SSSR count). The third kappa shape index (κ3) is 2.43. The van der Waals surface area contributed by atoms with E-state index < -0.39 is 0 Å². The number of halogens is 1. The predicted octanol–water partition coefficient (Wildman–Crippen LogP) is 4.15. The summed E-state index contributed by atoms with van der Waals surface area (Å²) in [6.07, 6.45) is 6.48. The highest BCUT2D eigenvalue weighted by Gasteiger charge is 2.25. The van der Waals surface area contributed by atoms with Gasteiger partial charge in [-0.2, -0.15) is 0 Å². The monoisotopic (exact) mass is 305 g/mol. The van der Waals surface area contributed by atoms with Crippen LogP contribution in [0.5, 0.6) is 0 Å². The molecule has 1 saturated carbocycles. The van der Waals surface area contributed by atoms with Crippen LogP contribution in [0.2, 0.25) is 0 Å². The van der Waals surface area contributed by atoms with Gasteiger partial charge in [0.25, 0.3) is 0 Å². The number of rotatable bonds is 4. The Balaban J connectivity index is 1.77. The summed E-state index contributed by atoms with van der Waals surface area (Å²) in [4.78, 5) is 4.41. The second-order valence-electron chi connectivity index (χ2n) is 4.81. The van der Waals surface area contributed by atoms with Gasteiger partial charge in [0.1, 0.15) is 0 Å². The molecule has 0 spiro atoms. The van der Waals surface area contributed by atoms with Crippen molar-refractivity contribution in [2.75, 3.05) is 5.32 Å². The molecule has 0 saturated heterocycles. The first-order valence-electron chi connectivity index (χ1n) is 6.29. The molecule has 94 valence electrons. The molecule has 3 nitrogen and oxygen atoms in total. The van der Waals surface area contributed by atoms with Crippen molar-refractivity contribution in [2.24, 2.45) is 0 Å². The second-order valence-corrected chi connectivity index (χ2v) is 5.73. The van der Waals surface area contributed by atoms with Gasteiger partial charge in [-0.25, -0.2) is 4.98 Å². The number of aromatic nitrogens is 2. The van der Waals surface area contributed by atoms with Gasteiger partial charge in [0, 0.05) is 22.9 Å². The van der Waals surface area contributed by atoms with Crippen LogP contribution in [0.15, 0.2) is 41.1 Å². The minimum Gasteiger partial charge on any atom is -0.349 e. The van der Waals surface area contributed by atoms with Gasteiger partial charge < -0.3 is 9.88 Å². The Labute approximate surface area is 115 Å². The van der Waals surface area contributed by atoms with E-state index in [-0.39, 0.29) is 6.04 Å². The Morgan fingerprint density at radius 2 is 2.28 bits per heavy atom. The maximum absolute atomic E-state index is 4.41. The molecule has 0 amide bonds. The third-order valence-electron chi connectivity index (χ3n) is 3.30. The lowest BCUT2D eigenvalue weighted by Gasteiger charge is -2.16. The molecule has 4 heteroatoms. The highest BCUT2D eigenvalue weighted by molar-refractivity contribution is 9.10. The number of hydrogen-bond donors (Lipinski definition) is 1. The Hall–Kier alpha value is -1.29. The van der Waals surface area contributed by atoms with Gasteiger partial charge in [0.15, 0.2) is 0 Å². The topological polar surface area (TPSA) is 29.9 Å². The van der Waals surface area contributed by atoms with Gasteiger partial charge in [-0.05, 0) is 37.5 Å². The summed E-state index contributed by atoms with van der Waals surface area (Å²) in [6.45, 7) is 2.16. The molecule has 1 fully saturated rings. The summed E-state index contributed by atoms with van der Waals surface area (Å²) >= 11 is 3.51. The van der Waals surface area contributed by atoms with E-state index in [1.54, 1.807) is 0 Å². The maximum Gasteiger partial charge on any atom is 0.203 e. The number of anilines is 1. The van der Waals surface area contributed by atoms with Crippen molar-refractivity contribution in [3.05, 3.63) is 46.7 Å². The van der Waals surface area contributed by atoms with Crippen LogP contribution in [-0.4, -0.2) is 9.55 Å². The first-order chi connectivity index (χ1) is 8.74. The molecule has 1 unspecified atom stereocenters. The first-order valence-corrected chi connectivity index (χ1v) is 7.08. The molecular formula is C14H16BrN3. The summed E-state index contributed by atoms with van der Waals surface area (Å²) in [6, 6.07) is 9.29. The Kier molecular flexibility index (Phi) is 3.12. The summed E-state index contributed by atoms with van der Waals surface area (Å²) in [5, 5.41) is 3.49. The van der Waals surface area contributed by atoms with Crippen molar-refractivity contribution in [3.8, 4) is 0 Å². The summed E-state index contributed by atoms with van der Waals surface area (Å²) in [5.74, 6) is 0.977. The molecule has 1 aromatic carbocycles.